The van der Waals surface area contributed by atoms with Crippen LogP contribution in [-0.4, -0.2) is 29.3 Å². The number of carboxylic acids is 1. The Kier molecular flexibility index (Phi) is 7.37. The Balaban J connectivity index is 1.23. The summed E-state index contributed by atoms with van der Waals surface area (Å²) in [6, 6.07) is 15.8. The zero-order valence-corrected chi connectivity index (χ0v) is 23.5. The monoisotopic (exact) mass is 592 g/mol. The van der Waals surface area contributed by atoms with Crippen LogP contribution in [0.15, 0.2) is 59.1 Å². The second-order valence-electron chi connectivity index (χ2n) is 9.84. The smallest absolute Gasteiger partial charge is 0.335 e. The van der Waals surface area contributed by atoms with Crippen LogP contribution in [0.3, 0.4) is 0 Å². The summed E-state index contributed by atoms with van der Waals surface area (Å²) < 4.78 is 11.8. The molecule has 3 aromatic carbocycles. The number of hydrogen-bond acceptors (Lipinski definition) is 5. The van der Waals surface area contributed by atoms with Gasteiger partial charge in [-0.1, -0.05) is 57.9 Å². The molecule has 1 saturated carbocycles. The molecule has 6 nitrogen and oxygen atoms in total. The minimum atomic E-state index is -0.984. The van der Waals surface area contributed by atoms with Crippen LogP contribution in [0.4, 0.5) is 5.69 Å². The molecule has 0 amide bonds. The third kappa shape index (κ3) is 5.51. The fourth-order valence-electron chi connectivity index (χ4n) is 4.59. The standard InChI is InChI=1S/C31H23Cl3N2O4/c32-25-3-1-4-26(33)28(25)29-24(30(40-35-29)20-7-8-20)17-39-23-10-9-19(27(34)16-23)6-5-18-13-21(31(37)38)15-22(14-18)36-11-2-12-36/h1,3-4,9-10,13-16,20H,2,7-8,11-12,17H2,(H,37,38). The molecule has 0 spiro atoms. The van der Waals surface area contributed by atoms with Crippen molar-refractivity contribution in [2.45, 2.75) is 31.8 Å². The molecule has 0 atom stereocenters. The van der Waals surface area contributed by atoms with E-state index in [1.165, 1.54) is 0 Å². The Bertz CT molecular complexity index is 1660. The summed E-state index contributed by atoms with van der Waals surface area (Å²) in [6.45, 7) is 2.02. The number of anilines is 1. The largest absolute Gasteiger partial charge is 0.489 e. The molecule has 6 rings (SSSR count). The third-order valence-electron chi connectivity index (χ3n) is 7.02. The quantitative estimate of drug-likeness (QED) is 0.218. The molecule has 202 valence electrons. The number of aromatic nitrogens is 1. The van der Waals surface area contributed by atoms with Crippen molar-refractivity contribution in [1.82, 2.24) is 5.16 Å². The molecular weight excluding hydrogens is 571 g/mol. The molecule has 2 aliphatic rings. The van der Waals surface area contributed by atoms with E-state index in [1.807, 2.05) is 6.07 Å². The predicted octanol–water partition coefficient (Wildman–Crippen LogP) is 8.07. The van der Waals surface area contributed by atoms with Gasteiger partial charge < -0.3 is 19.3 Å². The van der Waals surface area contributed by atoms with Gasteiger partial charge >= 0.3 is 5.97 Å². The van der Waals surface area contributed by atoms with Crippen LogP contribution >= 0.6 is 34.8 Å². The van der Waals surface area contributed by atoms with Crippen LogP contribution < -0.4 is 9.64 Å². The first kappa shape index (κ1) is 26.6. The van der Waals surface area contributed by atoms with Crippen LogP contribution in [0.25, 0.3) is 11.3 Å². The number of aromatic carboxylic acids is 1. The van der Waals surface area contributed by atoms with Crippen molar-refractivity contribution < 1.29 is 19.2 Å². The highest BCUT2D eigenvalue weighted by molar-refractivity contribution is 6.39. The minimum absolute atomic E-state index is 0.203. The van der Waals surface area contributed by atoms with E-state index >= 15 is 0 Å². The number of rotatable bonds is 7. The van der Waals surface area contributed by atoms with Crippen LogP contribution in [0, 0.1) is 11.8 Å². The average molecular weight is 594 g/mol. The second kappa shape index (κ2) is 11.1. The number of ether oxygens (including phenoxy) is 1. The Morgan fingerprint density at radius 3 is 2.45 bits per heavy atom. The molecule has 1 aliphatic carbocycles. The molecule has 40 heavy (non-hydrogen) atoms. The Morgan fingerprint density at radius 1 is 1.02 bits per heavy atom. The first-order chi connectivity index (χ1) is 19.4. The maximum absolute atomic E-state index is 11.6. The molecule has 1 saturated heterocycles. The van der Waals surface area contributed by atoms with Gasteiger partial charge in [-0.3, -0.25) is 0 Å². The second-order valence-corrected chi connectivity index (χ2v) is 11.1. The van der Waals surface area contributed by atoms with Crippen molar-refractivity contribution in [3.05, 3.63) is 97.7 Å². The lowest BCUT2D eigenvalue weighted by Gasteiger charge is -2.33. The number of nitrogens with zero attached hydrogens (tertiary/aromatic N) is 2. The fraction of sp³-hybridized carbons (Fsp3) is 0.226. The van der Waals surface area contributed by atoms with Crippen molar-refractivity contribution in [3.63, 3.8) is 0 Å². The number of halogens is 3. The molecule has 9 heteroatoms. The average Bonchev–Trinajstić information content (AvgIpc) is 3.66. The normalized spacial score (nSPS) is 14.3. The SMILES string of the molecule is O=C(O)c1cc(C#Cc2ccc(OCc3c(-c4c(Cl)cccc4Cl)noc3C3CC3)cc2Cl)cc(N2CCC2)c1. The third-order valence-corrected chi connectivity index (χ3v) is 7.96. The summed E-state index contributed by atoms with van der Waals surface area (Å²) in [4.78, 5) is 13.7. The molecule has 1 aromatic heterocycles. The molecule has 0 unspecified atom stereocenters. The van der Waals surface area contributed by atoms with Gasteiger partial charge in [0.1, 0.15) is 23.8 Å². The number of benzene rings is 3. The van der Waals surface area contributed by atoms with Crippen LogP contribution in [-0.2, 0) is 6.61 Å². The minimum Gasteiger partial charge on any atom is -0.489 e. The first-order valence-electron chi connectivity index (χ1n) is 12.9. The summed E-state index contributed by atoms with van der Waals surface area (Å²) in [6.07, 6.45) is 3.16. The molecule has 2 heterocycles. The summed E-state index contributed by atoms with van der Waals surface area (Å²) in [5, 5.41) is 15.2. The van der Waals surface area contributed by atoms with E-state index in [9.17, 15) is 9.90 Å². The van der Waals surface area contributed by atoms with Gasteiger partial charge in [0.05, 0.1) is 26.2 Å². The lowest BCUT2D eigenvalue weighted by atomic mass is 10.0. The van der Waals surface area contributed by atoms with Crippen LogP contribution in [0.2, 0.25) is 15.1 Å². The van der Waals surface area contributed by atoms with Crippen molar-refractivity contribution >= 4 is 46.5 Å². The Morgan fingerprint density at radius 2 is 1.80 bits per heavy atom. The number of carboxylic acid groups (broad SMARTS) is 1. The number of hydrogen-bond donors (Lipinski definition) is 1. The van der Waals surface area contributed by atoms with Gasteiger partial charge in [0.25, 0.3) is 0 Å². The first-order valence-corrected chi connectivity index (χ1v) is 14.0. The highest BCUT2D eigenvalue weighted by Gasteiger charge is 2.33. The van der Waals surface area contributed by atoms with Crippen LogP contribution in [0.5, 0.6) is 5.75 Å². The molecule has 4 aromatic rings. The van der Waals surface area contributed by atoms with Gasteiger partial charge in [0, 0.05) is 47.5 Å². The van der Waals surface area contributed by atoms with E-state index in [2.05, 4.69) is 21.9 Å². The van der Waals surface area contributed by atoms with Crippen molar-refractivity contribution in [2.24, 2.45) is 0 Å². The lowest BCUT2D eigenvalue weighted by Crippen LogP contribution is -2.37. The topological polar surface area (TPSA) is 75.8 Å². The lowest BCUT2D eigenvalue weighted by molar-refractivity contribution is 0.0697. The Labute approximate surface area is 246 Å². The van der Waals surface area contributed by atoms with Crippen molar-refractivity contribution in [3.8, 4) is 28.8 Å². The van der Waals surface area contributed by atoms with Gasteiger partial charge in [0.2, 0.25) is 0 Å². The Hall–Kier alpha value is -3.63. The highest BCUT2D eigenvalue weighted by Crippen LogP contribution is 2.46. The molecule has 1 N–H and O–H groups in total. The highest BCUT2D eigenvalue weighted by atomic mass is 35.5. The van der Waals surface area contributed by atoms with Gasteiger partial charge in [-0.05, 0) is 61.7 Å². The summed E-state index contributed by atoms with van der Waals surface area (Å²) in [5.41, 5.74) is 4.30. The van der Waals surface area contributed by atoms with E-state index in [0.717, 1.165) is 49.4 Å². The van der Waals surface area contributed by atoms with E-state index in [-0.39, 0.29) is 12.2 Å². The fourth-order valence-corrected chi connectivity index (χ4v) is 5.39. The molecule has 0 radical (unpaired) electrons. The molecule has 0 bridgehead atoms. The molecular formula is C31H23Cl3N2O4. The maximum Gasteiger partial charge on any atom is 0.335 e. The van der Waals surface area contributed by atoms with E-state index < -0.39 is 5.97 Å². The predicted molar refractivity (Wildman–Crippen MR) is 156 cm³/mol. The maximum atomic E-state index is 11.6. The number of carbonyl (C=O) groups is 1. The van der Waals surface area contributed by atoms with Gasteiger partial charge in [-0.2, -0.15) is 0 Å². The summed E-state index contributed by atoms with van der Waals surface area (Å²) >= 11 is 19.5. The molecule has 1 aliphatic heterocycles. The van der Waals surface area contributed by atoms with E-state index in [0.29, 0.717) is 49.1 Å². The zero-order chi connectivity index (χ0) is 27.8. The summed E-state index contributed by atoms with van der Waals surface area (Å²) in [5.74, 6) is 6.81. The van der Waals surface area contributed by atoms with Crippen LogP contribution in [0.1, 0.15) is 58.0 Å². The van der Waals surface area contributed by atoms with E-state index in [4.69, 9.17) is 44.1 Å². The van der Waals surface area contributed by atoms with Gasteiger partial charge in [0.15, 0.2) is 0 Å². The van der Waals surface area contributed by atoms with Crippen molar-refractivity contribution in [1.29, 1.82) is 0 Å². The van der Waals surface area contributed by atoms with Crippen molar-refractivity contribution in [2.75, 3.05) is 18.0 Å². The van der Waals surface area contributed by atoms with Gasteiger partial charge in [-0.15, -0.1) is 0 Å². The summed E-state index contributed by atoms with van der Waals surface area (Å²) in [7, 11) is 0. The molecule has 2 fully saturated rings. The van der Waals surface area contributed by atoms with Gasteiger partial charge in [-0.25, -0.2) is 4.79 Å². The zero-order valence-electron chi connectivity index (χ0n) is 21.2. The van der Waals surface area contributed by atoms with E-state index in [1.54, 1.807) is 48.5 Å².